The molecule has 3 rings (SSSR count). The van der Waals surface area contributed by atoms with Crippen LogP contribution in [0.2, 0.25) is 0 Å². The van der Waals surface area contributed by atoms with Crippen LogP contribution in [-0.4, -0.2) is 10.8 Å². The molecule has 0 saturated heterocycles. The van der Waals surface area contributed by atoms with Gasteiger partial charge < -0.3 is 10.2 Å². The highest BCUT2D eigenvalue weighted by atomic mass is 32.1. The number of aryl methyl sites for hydroxylation is 1. The largest absolute Gasteiger partial charge is 0.326 e. The minimum Gasteiger partial charge on any atom is -0.326 e. The molecule has 1 aliphatic rings. The second kappa shape index (κ2) is 7.19. The summed E-state index contributed by atoms with van der Waals surface area (Å²) in [5, 5.41) is 23.2. The monoisotopic (exact) mass is 386 g/mol. The van der Waals surface area contributed by atoms with E-state index in [1.807, 2.05) is 37.3 Å². The van der Waals surface area contributed by atoms with Gasteiger partial charge in [-0.15, -0.1) is 12.6 Å². The van der Waals surface area contributed by atoms with Gasteiger partial charge in [-0.2, -0.15) is 5.26 Å². The normalized spacial score (nSPS) is 17.0. The van der Waals surface area contributed by atoms with Crippen LogP contribution in [0.3, 0.4) is 0 Å². The molecule has 26 heavy (non-hydrogen) atoms. The molecule has 0 aliphatic carbocycles. The fraction of sp³-hybridized carbons (Fsp3) is 0.176. The van der Waals surface area contributed by atoms with Crippen molar-refractivity contribution in [2.45, 2.75) is 19.5 Å². The molecule has 2 aromatic rings. The molecule has 1 N–H and O–H groups in total. The Bertz CT molecular complexity index is 944. The van der Waals surface area contributed by atoms with Gasteiger partial charge in [-0.1, -0.05) is 30.4 Å². The lowest BCUT2D eigenvalue weighted by Gasteiger charge is -2.37. The molecule has 9 heteroatoms. The predicted molar refractivity (Wildman–Crippen MR) is 102 cm³/mol. The van der Waals surface area contributed by atoms with Gasteiger partial charge in [-0.05, 0) is 30.2 Å². The lowest BCUT2D eigenvalue weighted by atomic mass is 10.1. The van der Waals surface area contributed by atoms with E-state index in [2.05, 4.69) is 17.9 Å². The second-order valence-corrected chi connectivity index (χ2v) is 7.03. The van der Waals surface area contributed by atoms with Crippen molar-refractivity contribution in [1.29, 1.82) is 5.26 Å². The molecule has 1 aromatic carbocycles. The quantitative estimate of drug-likeness (QED) is 0.476. The minimum atomic E-state index is -0.682. The Labute approximate surface area is 159 Å². The third-order valence-electron chi connectivity index (χ3n) is 4.00. The number of nitrogens with one attached hydrogen (secondary N) is 1. The van der Waals surface area contributed by atoms with E-state index in [1.54, 1.807) is 11.0 Å². The number of amides is 1. The number of benzene rings is 1. The summed E-state index contributed by atoms with van der Waals surface area (Å²) in [7, 11) is 0. The van der Waals surface area contributed by atoms with E-state index in [9.17, 15) is 20.2 Å². The lowest BCUT2D eigenvalue weighted by molar-refractivity contribution is -0.380. The van der Waals surface area contributed by atoms with Gasteiger partial charge in [0.15, 0.2) is 0 Å². The van der Waals surface area contributed by atoms with Crippen LogP contribution < -0.4 is 10.2 Å². The van der Waals surface area contributed by atoms with E-state index in [0.717, 1.165) is 29.0 Å². The summed E-state index contributed by atoms with van der Waals surface area (Å²) in [5.41, 5.74) is 1.76. The number of carbonyl (C=O) groups is 1. The standard InChI is InChI=1S/C17H14N4O3S2/c1-2-10-3-5-11(6-4-10)20-15(13-7-8-14(26-13)21(23)24)19-16(22)12(9-18)17(20)25/h3-8,15,25H,2H2,1H3,(H,19,22). The zero-order valence-corrected chi connectivity index (χ0v) is 15.4. The van der Waals surface area contributed by atoms with Gasteiger partial charge in [0, 0.05) is 11.8 Å². The number of hydrogen-bond acceptors (Lipinski definition) is 7. The molecule has 132 valence electrons. The Morgan fingerprint density at radius 3 is 2.58 bits per heavy atom. The first-order chi connectivity index (χ1) is 12.5. The summed E-state index contributed by atoms with van der Waals surface area (Å²) in [4.78, 5) is 25.0. The van der Waals surface area contributed by atoms with Crippen LogP contribution in [0.15, 0.2) is 47.0 Å². The van der Waals surface area contributed by atoms with E-state index in [0.29, 0.717) is 4.88 Å². The number of thiol groups is 1. The average molecular weight is 386 g/mol. The summed E-state index contributed by atoms with van der Waals surface area (Å²) in [5.74, 6) is -0.556. The van der Waals surface area contributed by atoms with E-state index in [-0.39, 0.29) is 15.6 Å². The minimum absolute atomic E-state index is 0.0219. The number of rotatable bonds is 4. The second-order valence-electron chi connectivity index (χ2n) is 5.51. The van der Waals surface area contributed by atoms with Gasteiger partial charge in [0.2, 0.25) is 0 Å². The first-order valence-electron chi connectivity index (χ1n) is 7.72. The predicted octanol–water partition coefficient (Wildman–Crippen LogP) is 3.52. The summed E-state index contributed by atoms with van der Waals surface area (Å²) in [6.45, 7) is 2.04. The Hall–Kier alpha value is -2.83. The van der Waals surface area contributed by atoms with Gasteiger partial charge in [0.25, 0.3) is 5.91 Å². The fourth-order valence-electron chi connectivity index (χ4n) is 2.66. The molecule has 0 radical (unpaired) electrons. The van der Waals surface area contributed by atoms with Crippen molar-refractivity contribution in [1.82, 2.24) is 5.32 Å². The van der Waals surface area contributed by atoms with Crippen LogP contribution in [0.4, 0.5) is 10.7 Å². The van der Waals surface area contributed by atoms with Crippen molar-refractivity contribution >= 4 is 40.6 Å². The first-order valence-corrected chi connectivity index (χ1v) is 8.99. The van der Waals surface area contributed by atoms with Crippen molar-refractivity contribution in [3.63, 3.8) is 0 Å². The zero-order valence-electron chi connectivity index (χ0n) is 13.7. The van der Waals surface area contributed by atoms with Crippen LogP contribution in [-0.2, 0) is 11.2 Å². The maximum absolute atomic E-state index is 12.2. The molecule has 0 bridgehead atoms. The molecule has 0 fully saturated rings. The highest BCUT2D eigenvalue weighted by Gasteiger charge is 2.35. The van der Waals surface area contributed by atoms with E-state index in [4.69, 9.17) is 0 Å². The van der Waals surface area contributed by atoms with Crippen LogP contribution in [0, 0.1) is 21.4 Å². The highest BCUT2D eigenvalue weighted by Crippen LogP contribution is 2.39. The van der Waals surface area contributed by atoms with Gasteiger partial charge in [0.05, 0.1) is 14.8 Å². The lowest BCUT2D eigenvalue weighted by Crippen LogP contribution is -2.45. The SMILES string of the molecule is CCc1ccc(N2C(S)=C(C#N)C(=O)NC2c2ccc([N+](=O)[O-])s2)cc1. The average Bonchev–Trinajstić information content (AvgIpc) is 3.12. The van der Waals surface area contributed by atoms with Crippen molar-refractivity contribution in [3.05, 3.63) is 67.6 Å². The summed E-state index contributed by atoms with van der Waals surface area (Å²) >= 11 is 5.37. The topological polar surface area (TPSA) is 99.3 Å². The van der Waals surface area contributed by atoms with Crippen LogP contribution in [0.1, 0.15) is 23.5 Å². The highest BCUT2D eigenvalue weighted by molar-refractivity contribution is 7.84. The number of nitriles is 1. The van der Waals surface area contributed by atoms with Crippen molar-refractivity contribution in [3.8, 4) is 6.07 Å². The molecule has 1 atom stereocenters. The molecule has 2 heterocycles. The molecular weight excluding hydrogens is 372 g/mol. The van der Waals surface area contributed by atoms with Crippen molar-refractivity contribution in [2.24, 2.45) is 0 Å². The van der Waals surface area contributed by atoms with E-state index < -0.39 is 17.0 Å². The van der Waals surface area contributed by atoms with Gasteiger partial charge in [-0.25, -0.2) is 0 Å². The molecule has 1 aliphatic heterocycles. The Morgan fingerprint density at radius 2 is 2.04 bits per heavy atom. The molecule has 0 spiro atoms. The number of nitro groups is 1. The smallest absolute Gasteiger partial charge is 0.324 e. The number of anilines is 1. The molecule has 0 saturated carbocycles. The Kier molecular flexibility index (Phi) is 4.97. The van der Waals surface area contributed by atoms with Crippen LogP contribution >= 0.6 is 24.0 Å². The molecule has 1 amide bonds. The fourth-order valence-corrected chi connectivity index (χ4v) is 3.90. The molecule has 1 aromatic heterocycles. The molecular formula is C17H14N4O3S2. The zero-order chi connectivity index (χ0) is 18.8. The Balaban J connectivity index is 2.11. The third-order valence-corrected chi connectivity index (χ3v) is 5.53. The number of thiophene rings is 1. The van der Waals surface area contributed by atoms with Gasteiger partial charge in [-0.3, -0.25) is 14.9 Å². The Morgan fingerprint density at radius 1 is 1.35 bits per heavy atom. The van der Waals surface area contributed by atoms with E-state index in [1.165, 1.54) is 6.07 Å². The number of hydrogen-bond donors (Lipinski definition) is 2. The summed E-state index contributed by atoms with van der Waals surface area (Å²) in [6.07, 6.45) is 0.197. The van der Waals surface area contributed by atoms with Gasteiger partial charge >= 0.3 is 5.00 Å². The van der Waals surface area contributed by atoms with Crippen LogP contribution in [0.5, 0.6) is 0 Å². The number of carbonyl (C=O) groups excluding carboxylic acids is 1. The summed E-state index contributed by atoms with van der Waals surface area (Å²) < 4.78 is 0. The molecule has 7 nitrogen and oxygen atoms in total. The number of nitrogens with zero attached hydrogens (tertiary/aromatic N) is 3. The maximum atomic E-state index is 12.2. The van der Waals surface area contributed by atoms with Crippen molar-refractivity contribution in [2.75, 3.05) is 4.90 Å². The summed E-state index contributed by atoms with van der Waals surface area (Å²) in [6, 6.07) is 12.5. The first kappa shape index (κ1) is 18.0. The third kappa shape index (κ3) is 3.16. The van der Waals surface area contributed by atoms with Gasteiger partial charge in [0.1, 0.15) is 17.8 Å². The molecule has 1 unspecified atom stereocenters. The maximum Gasteiger partial charge on any atom is 0.324 e. The van der Waals surface area contributed by atoms with Crippen LogP contribution in [0.25, 0.3) is 0 Å². The van der Waals surface area contributed by atoms with Crippen molar-refractivity contribution < 1.29 is 9.72 Å². The van der Waals surface area contributed by atoms with E-state index >= 15 is 0 Å².